The van der Waals surface area contributed by atoms with Crippen molar-refractivity contribution < 1.29 is 8.78 Å². The quantitative estimate of drug-likeness (QED) is 0.379. The molecule has 4 heterocycles. The van der Waals surface area contributed by atoms with E-state index in [1.807, 2.05) is 48.7 Å². The van der Waals surface area contributed by atoms with E-state index in [0.717, 1.165) is 59.8 Å². The summed E-state index contributed by atoms with van der Waals surface area (Å²) in [7, 11) is 0. The molecule has 3 aromatic heterocycles. The molecule has 0 amide bonds. The van der Waals surface area contributed by atoms with Gasteiger partial charge in [-0.15, -0.1) is 0 Å². The molecule has 0 radical (unpaired) electrons. The molecule has 1 aliphatic heterocycles. The van der Waals surface area contributed by atoms with Crippen LogP contribution in [0.3, 0.4) is 0 Å². The molecule has 1 fully saturated rings. The van der Waals surface area contributed by atoms with Crippen LogP contribution in [-0.4, -0.2) is 45.4 Å². The molecule has 0 atom stereocenters. The third-order valence-corrected chi connectivity index (χ3v) is 6.55. The molecule has 5 aromatic rings. The van der Waals surface area contributed by atoms with Crippen molar-refractivity contribution in [2.24, 2.45) is 0 Å². The van der Waals surface area contributed by atoms with Gasteiger partial charge in [0.15, 0.2) is 11.5 Å². The smallest absolute Gasteiger partial charge is 0.163 e. The molecule has 0 bridgehead atoms. The van der Waals surface area contributed by atoms with Gasteiger partial charge in [0.1, 0.15) is 17.2 Å². The van der Waals surface area contributed by atoms with Crippen LogP contribution in [0.2, 0.25) is 0 Å². The number of hydrogen-bond acceptors (Lipinski definition) is 4. The van der Waals surface area contributed by atoms with E-state index >= 15 is 0 Å². The number of aromatic nitrogens is 3. The number of fused-ring (bicyclic) bond motifs is 3. The van der Waals surface area contributed by atoms with Gasteiger partial charge >= 0.3 is 0 Å². The summed E-state index contributed by atoms with van der Waals surface area (Å²) in [4.78, 5) is 14.1. The lowest BCUT2D eigenvalue weighted by Crippen LogP contribution is -2.48. The summed E-state index contributed by atoms with van der Waals surface area (Å²) < 4.78 is 29.3. The molecule has 2 aromatic carbocycles. The lowest BCUT2D eigenvalue weighted by atomic mass is 9.96. The van der Waals surface area contributed by atoms with Crippen molar-refractivity contribution in [1.82, 2.24) is 19.3 Å². The summed E-state index contributed by atoms with van der Waals surface area (Å²) in [5.74, 6) is 0.421. The van der Waals surface area contributed by atoms with Gasteiger partial charge in [0, 0.05) is 38.6 Å². The van der Waals surface area contributed by atoms with Gasteiger partial charge in [-0.2, -0.15) is 0 Å². The first-order valence-corrected chi connectivity index (χ1v) is 11.4. The van der Waals surface area contributed by atoms with Crippen molar-refractivity contribution in [2.75, 3.05) is 31.1 Å². The van der Waals surface area contributed by atoms with Crippen LogP contribution < -0.4 is 4.90 Å². The van der Waals surface area contributed by atoms with Crippen LogP contribution in [0.1, 0.15) is 17.2 Å². The van der Waals surface area contributed by atoms with Crippen LogP contribution in [0, 0.1) is 11.6 Å². The summed E-state index contributed by atoms with van der Waals surface area (Å²) in [5.41, 5.74) is 4.72. The second-order valence-electron chi connectivity index (χ2n) is 8.57. The third kappa shape index (κ3) is 3.68. The summed E-state index contributed by atoms with van der Waals surface area (Å²) in [5, 5.41) is 0. The molecule has 1 aliphatic rings. The van der Waals surface area contributed by atoms with Gasteiger partial charge in [-0.1, -0.05) is 24.3 Å². The van der Waals surface area contributed by atoms with E-state index in [2.05, 4.69) is 25.3 Å². The van der Waals surface area contributed by atoms with Gasteiger partial charge < -0.3 is 4.90 Å². The van der Waals surface area contributed by atoms with Crippen LogP contribution in [0.4, 0.5) is 14.6 Å². The van der Waals surface area contributed by atoms with Crippen molar-refractivity contribution in [1.29, 1.82) is 0 Å². The Hall–Kier alpha value is -3.84. The van der Waals surface area contributed by atoms with Gasteiger partial charge in [-0.05, 0) is 59.7 Å². The van der Waals surface area contributed by atoms with Gasteiger partial charge in [0.05, 0.1) is 11.6 Å². The Bertz CT molecular complexity index is 1390. The molecular formula is C27H23F2N5. The first-order chi connectivity index (χ1) is 16.7. The highest BCUT2D eigenvalue weighted by Gasteiger charge is 2.28. The Morgan fingerprint density at radius 3 is 2.03 bits per heavy atom. The predicted octanol–water partition coefficient (Wildman–Crippen LogP) is 5.07. The number of piperazine rings is 1. The average molecular weight is 456 g/mol. The molecule has 0 N–H and O–H groups in total. The fourth-order valence-corrected chi connectivity index (χ4v) is 4.91. The Morgan fingerprint density at radius 1 is 0.735 bits per heavy atom. The molecule has 5 nitrogen and oxygen atoms in total. The summed E-state index contributed by atoms with van der Waals surface area (Å²) >= 11 is 0. The van der Waals surface area contributed by atoms with Gasteiger partial charge in [-0.3, -0.25) is 9.30 Å². The maximum absolute atomic E-state index is 13.6. The average Bonchev–Trinajstić information content (AvgIpc) is 3.37. The molecule has 1 saturated heterocycles. The second kappa shape index (κ2) is 8.50. The van der Waals surface area contributed by atoms with Crippen LogP contribution in [-0.2, 0) is 0 Å². The molecule has 0 unspecified atom stereocenters. The first-order valence-electron chi connectivity index (χ1n) is 11.4. The number of hydrogen-bond donors (Lipinski definition) is 0. The van der Waals surface area contributed by atoms with E-state index < -0.39 is 0 Å². The number of nitrogens with zero attached hydrogens (tertiary/aromatic N) is 5. The minimum Gasteiger partial charge on any atom is -0.352 e. The molecule has 0 saturated carbocycles. The van der Waals surface area contributed by atoms with Gasteiger partial charge in [0.2, 0.25) is 0 Å². The lowest BCUT2D eigenvalue weighted by Gasteiger charge is -2.40. The van der Waals surface area contributed by atoms with Crippen LogP contribution in [0.25, 0.3) is 16.7 Å². The van der Waals surface area contributed by atoms with Crippen molar-refractivity contribution >= 4 is 22.5 Å². The zero-order valence-corrected chi connectivity index (χ0v) is 18.5. The van der Waals surface area contributed by atoms with Crippen molar-refractivity contribution in [2.45, 2.75) is 6.04 Å². The summed E-state index contributed by atoms with van der Waals surface area (Å²) in [6.07, 6.45) is 3.80. The first kappa shape index (κ1) is 20.7. The van der Waals surface area contributed by atoms with E-state index in [9.17, 15) is 8.78 Å². The number of halogens is 2. The highest BCUT2D eigenvalue weighted by atomic mass is 19.1. The SMILES string of the molecule is Fc1ccc(C(c2ccc(F)cc2)N2CCN(c3nc4cccnc4n4cccc34)CC2)cc1. The van der Waals surface area contributed by atoms with E-state index in [1.165, 1.54) is 24.3 Å². The van der Waals surface area contributed by atoms with Crippen molar-refractivity contribution in [3.63, 3.8) is 0 Å². The van der Waals surface area contributed by atoms with E-state index in [1.54, 1.807) is 6.20 Å². The topological polar surface area (TPSA) is 36.7 Å². The third-order valence-electron chi connectivity index (χ3n) is 6.55. The van der Waals surface area contributed by atoms with Crippen LogP contribution in [0.15, 0.2) is 85.2 Å². The van der Waals surface area contributed by atoms with Crippen molar-refractivity contribution in [3.8, 4) is 0 Å². The molecule has 170 valence electrons. The van der Waals surface area contributed by atoms with Gasteiger partial charge in [0.25, 0.3) is 0 Å². The van der Waals surface area contributed by atoms with Crippen molar-refractivity contribution in [3.05, 3.63) is 108 Å². The standard InChI is InChI=1S/C27H23F2N5/c28-21-9-5-19(6-10-21)25(20-7-11-22(29)12-8-20)32-15-17-33(18-16-32)27-24-4-2-14-34(24)26-23(31-27)3-1-13-30-26/h1-14,25H,15-18H2. The molecule has 7 heteroatoms. The highest BCUT2D eigenvalue weighted by molar-refractivity contribution is 5.82. The fraction of sp³-hybridized carbons (Fsp3) is 0.185. The molecule has 34 heavy (non-hydrogen) atoms. The molecule has 0 aliphatic carbocycles. The Labute approximate surface area is 195 Å². The fourth-order valence-electron chi connectivity index (χ4n) is 4.91. The largest absolute Gasteiger partial charge is 0.352 e. The zero-order chi connectivity index (χ0) is 23.1. The number of pyridine rings is 1. The molecule has 6 rings (SSSR count). The van der Waals surface area contributed by atoms with Gasteiger partial charge in [-0.25, -0.2) is 18.7 Å². The Kier molecular flexibility index (Phi) is 5.19. The minimum atomic E-state index is -0.264. The van der Waals surface area contributed by atoms with Crippen LogP contribution >= 0.6 is 0 Å². The zero-order valence-electron chi connectivity index (χ0n) is 18.5. The second-order valence-corrected chi connectivity index (χ2v) is 8.57. The number of rotatable bonds is 4. The van der Waals surface area contributed by atoms with Crippen LogP contribution in [0.5, 0.6) is 0 Å². The monoisotopic (exact) mass is 455 g/mol. The molecular weight excluding hydrogens is 432 g/mol. The predicted molar refractivity (Wildman–Crippen MR) is 129 cm³/mol. The molecule has 0 spiro atoms. The Morgan fingerprint density at radius 2 is 1.38 bits per heavy atom. The highest BCUT2D eigenvalue weighted by Crippen LogP contribution is 2.32. The van der Waals surface area contributed by atoms with E-state index in [0.29, 0.717) is 0 Å². The maximum Gasteiger partial charge on any atom is 0.163 e. The summed E-state index contributed by atoms with van der Waals surface area (Å²) in [6.45, 7) is 3.16. The lowest BCUT2D eigenvalue weighted by molar-refractivity contribution is 0.212. The maximum atomic E-state index is 13.6. The van der Waals surface area contributed by atoms with E-state index in [-0.39, 0.29) is 17.7 Å². The Balaban J connectivity index is 1.31. The van der Waals surface area contributed by atoms with E-state index in [4.69, 9.17) is 4.98 Å². The number of anilines is 1. The minimum absolute atomic E-state index is 0.0783. The number of benzene rings is 2. The summed E-state index contributed by atoms with van der Waals surface area (Å²) in [6, 6.07) is 21.1. The normalized spacial score (nSPS) is 15.0.